The summed E-state index contributed by atoms with van der Waals surface area (Å²) in [4.78, 5) is 0. The third-order valence-electron chi connectivity index (χ3n) is 3.53. The Balaban J connectivity index is 2.62. The molecule has 0 unspecified atom stereocenters. The Morgan fingerprint density at radius 3 is 2.42 bits per heavy atom. The molecule has 0 aliphatic heterocycles. The molecule has 0 aliphatic carbocycles. The van der Waals surface area contributed by atoms with Gasteiger partial charge in [-0.1, -0.05) is 6.07 Å². The van der Waals surface area contributed by atoms with E-state index in [0.717, 1.165) is 22.3 Å². The Morgan fingerprint density at radius 1 is 1.16 bits per heavy atom. The first kappa shape index (κ1) is 14.3. The van der Waals surface area contributed by atoms with E-state index in [4.69, 9.17) is 5.73 Å². The molecule has 4 heteroatoms. The van der Waals surface area contributed by atoms with Crippen LogP contribution in [0.1, 0.15) is 22.4 Å². The molecule has 0 saturated heterocycles. The fourth-order valence-corrected chi connectivity index (χ4v) is 3.11. The Bertz CT molecular complexity index is 614. The normalized spacial score (nSPS) is 11.1. The van der Waals surface area contributed by atoms with Crippen LogP contribution in [0.4, 0.5) is 0 Å². The smallest absolute Gasteiger partial charge is 0.0826 e. The van der Waals surface area contributed by atoms with Crippen molar-refractivity contribution in [1.29, 1.82) is 0 Å². The van der Waals surface area contributed by atoms with E-state index in [1.54, 1.807) is 0 Å². The zero-order valence-corrected chi connectivity index (χ0v) is 13.5. The molecular formula is C15H20BrN3. The van der Waals surface area contributed by atoms with Crippen molar-refractivity contribution in [2.45, 2.75) is 27.2 Å². The van der Waals surface area contributed by atoms with Gasteiger partial charge >= 0.3 is 0 Å². The number of benzene rings is 1. The van der Waals surface area contributed by atoms with E-state index < -0.39 is 0 Å². The molecule has 0 fully saturated rings. The van der Waals surface area contributed by atoms with E-state index in [1.165, 1.54) is 22.3 Å². The summed E-state index contributed by atoms with van der Waals surface area (Å²) >= 11 is 3.68. The molecule has 2 rings (SSSR count). The molecule has 2 N–H and O–H groups in total. The highest BCUT2D eigenvalue weighted by Gasteiger charge is 2.17. The predicted octanol–water partition coefficient (Wildman–Crippen LogP) is 3.28. The molecule has 0 radical (unpaired) electrons. The molecule has 1 heterocycles. The summed E-state index contributed by atoms with van der Waals surface area (Å²) in [6.07, 6.45) is 0.790. The fraction of sp³-hybridized carbons (Fsp3) is 0.400. The van der Waals surface area contributed by atoms with Gasteiger partial charge in [0.2, 0.25) is 0 Å². The number of hydrogen-bond donors (Lipinski definition) is 1. The first-order valence-corrected chi connectivity index (χ1v) is 7.24. The zero-order valence-electron chi connectivity index (χ0n) is 11.9. The minimum atomic E-state index is 0.612. The molecule has 2 aromatic rings. The summed E-state index contributed by atoms with van der Waals surface area (Å²) in [5.41, 5.74) is 12.9. The average molecular weight is 322 g/mol. The second-order valence-corrected chi connectivity index (χ2v) is 5.82. The van der Waals surface area contributed by atoms with E-state index in [9.17, 15) is 0 Å². The van der Waals surface area contributed by atoms with Gasteiger partial charge in [0.15, 0.2) is 0 Å². The topological polar surface area (TPSA) is 43.8 Å². The van der Waals surface area contributed by atoms with Gasteiger partial charge in [-0.2, -0.15) is 5.10 Å². The van der Waals surface area contributed by atoms with Crippen molar-refractivity contribution in [2.24, 2.45) is 12.8 Å². The predicted molar refractivity (Wildman–Crippen MR) is 83.3 cm³/mol. The Labute approximate surface area is 122 Å². The van der Waals surface area contributed by atoms with Crippen molar-refractivity contribution in [1.82, 2.24) is 9.78 Å². The molecular weight excluding hydrogens is 302 g/mol. The molecule has 19 heavy (non-hydrogen) atoms. The van der Waals surface area contributed by atoms with Crippen LogP contribution in [-0.4, -0.2) is 16.3 Å². The van der Waals surface area contributed by atoms with E-state index in [2.05, 4.69) is 53.9 Å². The Hall–Kier alpha value is -1.13. The summed E-state index contributed by atoms with van der Waals surface area (Å²) in [6, 6.07) is 4.46. The van der Waals surface area contributed by atoms with Crippen molar-refractivity contribution in [2.75, 3.05) is 6.54 Å². The summed E-state index contributed by atoms with van der Waals surface area (Å²) in [7, 11) is 1.98. The van der Waals surface area contributed by atoms with Gasteiger partial charge < -0.3 is 5.73 Å². The van der Waals surface area contributed by atoms with E-state index in [1.807, 2.05) is 11.7 Å². The Kier molecular flexibility index (Phi) is 4.11. The third kappa shape index (κ3) is 2.60. The molecule has 1 aromatic carbocycles. The van der Waals surface area contributed by atoms with Gasteiger partial charge in [-0.3, -0.25) is 4.68 Å². The highest BCUT2D eigenvalue weighted by molar-refractivity contribution is 9.10. The standard InChI is InChI=1S/C15H20BrN3/c1-9-7-11(3)12(8-10(9)2)15-14(16)13(5-6-17)18-19(15)4/h7-8H,5-6,17H2,1-4H3. The van der Waals surface area contributed by atoms with Gasteiger partial charge in [0.1, 0.15) is 0 Å². The summed E-state index contributed by atoms with van der Waals surface area (Å²) < 4.78 is 3.00. The first-order valence-electron chi connectivity index (χ1n) is 6.45. The van der Waals surface area contributed by atoms with Gasteiger partial charge in [0.05, 0.1) is 15.9 Å². The van der Waals surface area contributed by atoms with E-state index in [-0.39, 0.29) is 0 Å². The molecule has 0 bridgehead atoms. The molecule has 0 spiro atoms. The minimum Gasteiger partial charge on any atom is -0.330 e. The van der Waals surface area contributed by atoms with Crippen LogP contribution < -0.4 is 5.73 Å². The van der Waals surface area contributed by atoms with Crippen molar-refractivity contribution in [3.8, 4) is 11.3 Å². The lowest BCUT2D eigenvalue weighted by Crippen LogP contribution is -2.04. The van der Waals surface area contributed by atoms with Crippen LogP contribution >= 0.6 is 15.9 Å². The van der Waals surface area contributed by atoms with Gasteiger partial charge in [-0.15, -0.1) is 0 Å². The zero-order chi connectivity index (χ0) is 14.2. The number of hydrogen-bond acceptors (Lipinski definition) is 2. The van der Waals surface area contributed by atoms with E-state index in [0.29, 0.717) is 6.54 Å². The molecule has 0 aliphatic rings. The largest absolute Gasteiger partial charge is 0.330 e. The maximum atomic E-state index is 5.63. The monoisotopic (exact) mass is 321 g/mol. The highest BCUT2D eigenvalue weighted by atomic mass is 79.9. The summed E-state index contributed by atoms with van der Waals surface area (Å²) in [5.74, 6) is 0. The number of rotatable bonds is 3. The lowest BCUT2D eigenvalue weighted by Gasteiger charge is -2.11. The molecule has 0 atom stereocenters. The Morgan fingerprint density at radius 2 is 1.79 bits per heavy atom. The molecule has 0 amide bonds. The lowest BCUT2D eigenvalue weighted by atomic mass is 9.98. The maximum Gasteiger partial charge on any atom is 0.0826 e. The molecule has 102 valence electrons. The van der Waals surface area contributed by atoms with E-state index >= 15 is 0 Å². The molecule has 0 saturated carbocycles. The number of halogens is 1. The van der Waals surface area contributed by atoms with Crippen molar-refractivity contribution in [3.05, 3.63) is 39.0 Å². The van der Waals surface area contributed by atoms with Crippen molar-refractivity contribution in [3.63, 3.8) is 0 Å². The fourth-order valence-electron chi connectivity index (χ4n) is 2.36. The van der Waals surface area contributed by atoms with Crippen LogP contribution in [0, 0.1) is 20.8 Å². The first-order chi connectivity index (χ1) is 8.95. The molecule has 3 nitrogen and oxygen atoms in total. The second-order valence-electron chi connectivity index (χ2n) is 5.02. The van der Waals surface area contributed by atoms with Gasteiger partial charge in [-0.05, 0) is 66.0 Å². The van der Waals surface area contributed by atoms with Crippen LogP contribution in [0.5, 0.6) is 0 Å². The van der Waals surface area contributed by atoms with Gasteiger partial charge in [-0.25, -0.2) is 0 Å². The number of nitrogens with two attached hydrogens (primary N) is 1. The number of aromatic nitrogens is 2. The number of aryl methyl sites for hydroxylation is 4. The van der Waals surface area contributed by atoms with Crippen LogP contribution in [0.3, 0.4) is 0 Å². The maximum absolute atomic E-state index is 5.63. The van der Waals surface area contributed by atoms with Gasteiger partial charge in [0, 0.05) is 19.0 Å². The number of nitrogens with zero attached hydrogens (tertiary/aromatic N) is 2. The van der Waals surface area contributed by atoms with Crippen LogP contribution in [0.2, 0.25) is 0 Å². The van der Waals surface area contributed by atoms with Gasteiger partial charge in [0.25, 0.3) is 0 Å². The van der Waals surface area contributed by atoms with Crippen molar-refractivity contribution < 1.29 is 0 Å². The third-order valence-corrected chi connectivity index (χ3v) is 4.37. The summed E-state index contributed by atoms with van der Waals surface area (Å²) in [5, 5.41) is 4.56. The quantitative estimate of drug-likeness (QED) is 0.942. The summed E-state index contributed by atoms with van der Waals surface area (Å²) in [6.45, 7) is 7.04. The van der Waals surface area contributed by atoms with Crippen molar-refractivity contribution >= 4 is 15.9 Å². The van der Waals surface area contributed by atoms with Crippen LogP contribution in [0.25, 0.3) is 11.3 Å². The second kappa shape index (κ2) is 5.47. The van der Waals surface area contributed by atoms with Crippen LogP contribution in [0.15, 0.2) is 16.6 Å². The SMILES string of the molecule is Cc1cc(C)c(-c2c(Br)c(CCN)nn2C)cc1C. The van der Waals surface area contributed by atoms with Crippen LogP contribution in [-0.2, 0) is 13.5 Å². The molecule has 1 aromatic heterocycles. The lowest BCUT2D eigenvalue weighted by molar-refractivity contribution is 0.745. The highest BCUT2D eigenvalue weighted by Crippen LogP contribution is 2.34. The average Bonchev–Trinajstić information content (AvgIpc) is 2.61. The minimum absolute atomic E-state index is 0.612.